The van der Waals surface area contributed by atoms with Crippen molar-refractivity contribution >= 4 is 15.9 Å². The molecular weight excluding hydrogens is 248 g/mol. The summed E-state index contributed by atoms with van der Waals surface area (Å²) in [5.74, 6) is 0. The van der Waals surface area contributed by atoms with Crippen LogP contribution in [-0.2, 0) is 10.8 Å². The van der Waals surface area contributed by atoms with E-state index in [0.29, 0.717) is 10.8 Å². The minimum absolute atomic E-state index is 0.490. The Hall–Kier alpha value is -0.300. The number of halogens is 1. The van der Waals surface area contributed by atoms with Crippen LogP contribution < -0.4 is 0 Å². The van der Waals surface area contributed by atoms with Gasteiger partial charge in [0.15, 0.2) is 0 Å². The lowest BCUT2D eigenvalue weighted by Crippen LogP contribution is -2.05. The third-order valence-corrected chi connectivity index (χ3v) is 4.75. The molecule has 0 unspecified atom stereocenters. The van der Waals surface area contributed by atoms with Crippen molar-refractivity contribution in [3.63, 3.8) is 0 Å². The fourth-order valence-electron chi connectivity index (χ4n) is 2.24. The van der Waals surface area contributed by atoms with Gasteiger partial charge in [0.05, 0.1) is 0 Å². The van der Waals surface area contributed by atoms with Crippen molar-refractivity contribution in [2.45, 2.75) is 50.4 Å². The molecule has 0 saturated heterocycles. The molecule has 0 radical (unpaired) electrons. The fourth-order valence-corrected chi connectivity index (χ4v) is 2.73. The standard InChI is InChI=1S/C14H17Br/c1-13(3-4-13)10-7-11(9-12(15)8-10)14(2)5-6-14/h7-9H,3-6H2,1-2H3. The van der Waals surface area contributed by atoms with Gasteiger partial charge in [0.25, 0.3) is 0 Å². The van der Waals surface area contributed by atoms with Crippen molar-refractivity contribution < 1.29 is 0 Å². The molecule has 1 heteroatoms. The quantitative estimate of drug-likeness (QED) is 0.735. The number of hydrogen-bond acceptors (Lipinski definition) is 0. The fraction of sp³-hybridized carbons (Fsp3) is 0.571. The van der Waals surface area contributed by atoms with Gasteiger partial charge in [-0.15, -0.1) is 0 Å². The molecule has 0 nitrogen and oxygen atoms in total. The van der Waals surface area contributed by atoms with Gasteiger partial charge in [0.2, 0.25) is 0 Å². The van der Waals surface area contributed by atoms with Crippen molar-refractivity contribution in [1.82, 2.24) is 0 Å². The van der Waals surface area contributed by atoms with Crippen LogP contribution >= 0.6 is 15.9 Å². The molecule has 0 N–H and O–H groups in total. The summed E-state index contributed by atoms with van der Waals surface area (Å²) >= 11 is 3.65. The Labute approximate surface area is 100 Å². The van der Waals surface area contributed by atoms with Crippen LogP contribution in [0.4, 0.5) is 0 Å². The van der Waals surface area contributed by atoms with E-state index in [9.17, 15) is 0 Å². The monoisotopic (exact) mass is 264 g/mol. The molecule has 2 saturated carbocycles. The molecule has 15 heavy (non-hydrogen) atoms. The summed E-state index contributed by atoms with van der Waals surface area (Å²) < 4.78 is 1.26. The van der Waals surface area contributed by atoms with Crippen LogP contribution in [0.3, 0.4) is 0 Å². The average Bonchev–Trinajstić information content (AvgIpc) is 3.07. The van der Waals surface area contributed by atoms with Crippen molar-refractivity contribution in [2.75, 3.05) is 0 Å². The SMILES string of the molecule is CC1(c2cc(Br)cc(C3(C)CC3)c2)CC1. The van der Waals surface area contributed by atoms with Gasteiger partial charge in [-0.25, -0.2) is 0 Å². The molecule has 3 rings (SSSR count). The molecule has 0 aromatic heterocycles. The zero-order valence-corrected chi connectivity index (χ0v) is 11.0. The normalized spacial score (nSPS) is 25.0. The van der Waals surface area contributed by atoms with Crippen molar-refractivity contribution in [1.29, 1.82) is 0 Å². The van der Waals surface area contributed by atoms with E-state index in [1.54, 1.807) is 11.1 Å². The van der Waals surface area contributed by atoms with Crippen LogP contribution in [0.1, 0.15) is 50.7 Å². The maximum absolute atomic E-state index is 3.65. The molecule has 0 spiro atoms. The molecule has 0 heterocycles. The largest absolute Gasteiger partial charge is 0.0555 e. The molecule has 80 valence electrons. The van der Waals surface area contributed by atoms with Crippen LogP contribution in [0.2, 0.25) is 0 Å². The van der Waals surface area contributed by atoms with E-state index >= 15 is 0 Å². The highest BCUT2D eigenvalue weighted by Gasteiger charge is 2.42. The summed E-state index contributed by atoms with van der Waals surface area (Å²) in [6.07, 6.45) is 5.44. The van der Waals surface area contributed by atoms with Gasteiger partial charge in [-0.1, -0.05) is 35.8 Å². The second-order valence-corrected chi connectivity index (χ2v) is 6.77. The van der Waals surface area contributed by atoms with E-state index in [0.717, 1.165) is 0 Å². The smallest absolute Gasteiger partial charge is 0.0181 e. The third-order valence-electron chi connectivity index (χ3n) is 4.29. The second-order valence-electron chi connectivity index (χ2n) is 5.85. The van der Waals surface area contributed by atoms with Gasteiger partial charge < -0.3 is 0 Å². The molecule has 0 amide bonds. The Morgan fingerprint density at radius 2 is 1.27 bits per heavy atom. The zero-order chi connectivity index (χ0) is 10.7. The Balaban J connectivity index is 2.05. The van der Waals surface area contributed by atoms with E-state index in [-0.39, 0.29) is 0 Å². The van der Waals surface area contributed by atoms with E-state index in [4.69, 9.17) is 0 Å². The lowest BCUT2D eigenvalue weighted by molar-refractivity contribution is 0.755. The molecule has 2 aliphatic rings. The first kappa shape index (κ1) is 9.89. The first-order valence-electron chi connectivity index (χ1n) is 5.84. The van der Waals surface area contributed by atoms with E-state index < -0.39 is 0 Å². The van der Waals surface area contributed by atoms with Gasteiger partial charge in [-0.05, 0) is 59.8 Å². The minimum atomic E-state index is 0.490. The lowest BCUT2D eigenvalue weighted by atomic mass is 9.91. The van der Waals surface area contributed by atoms with Crippen LogP contribution in [0.5, 0.6) is 0 Å². The summed E-state index contributed by atoms with van der Waals surface area (Å²) in [6.45, 7) is 4.77. The molecule has 1 aromatic rings. The molecule has 2 aliphatic carbocycles. The molecular formula is C14H17Br. The highest BCUT2D eigenvalue weighted by Crippen LogP contribution is 2.52. The van der Waals surface area contributed by atoms with Crippen LogP contribution in [-0.4, -0.2) is 0 Å². The van der Waals surface area contributed by atoms with Crippen molar-refractivity contribution in [3.05, 3.63) is 33.8 Å². The Kier molecular flexibility index (Phi) is 1.90. The second kappa shape index (κ2) is 2.88. The molecule has 0 bridgehead atoms. The maximum Gasteiger partial charge on any atom is 0.0181 e. The zero-order valence-electron chi connectivity index (χ0n) is 9.44. The Morgan fingerprint density at radius 3 is 1.60 bits per heavy atom. The van der Waals surface area contributed by atoms with E-state index in [1.165, 1.54) is 30.2 Å². The molecule has 1 aromatic carbocycles. The van der Waals surface area contributed by atoms with Gasteiger partial charge in [-0.2, -0.15) is 0 Å². The summed E-state index contributed by atoms with van der Waals surface area (Å²) in [5.41, 5.74) is 4.06. The van der Waals surface area contributed by atoms with E-state index in [1.807, 2.05) is 0 Å². The summed E-state index contributed by atoms with van der Waals surface area (Å²) in [4.78, 5) is 0. The molecule has 0 atom stereocenters. The van der Waals surface area contributed by atoms with Gasteiger partial charge in [-0.3, -0.25) is 0 Å². The minimum Gasteiger partial charge on any atom is -0.0555 e. The van der Waals surface area contributed by atoms with Gasteiger partial charge in [0, 0.05) is 4.47 Å². The topological polar surface area (TPSA) is 0 Å². The molecule has 0 aliphatic heterocycles. The number of benzene rings is 1. The Bertz CT molecular complexity index is 375. The summed E-state index contributed by atoms with van der Waals surface area (Å²) in [5, 5.41) is 0. The molecule has 2 fully saturated rings. The predicted molar refractivity (Wildman–Crippen MR) is 67.3 cm³/mol. The van der Waals surface area contributed by atoms with Crippen molar-refractivity contribution in [2.24, 2.45) is 0 Å². The van der Waals surface area contributed by atoms with Crippen LogP contribution in [0, 0.1) is 0 Å². The third kappa shape index (κ3) is 1.65. The van der Waals surface area contributed by atoms with Gasteiger partial charge >= 0.3 is 0 Å². The number of hydrogen-bond donors (Lipinski definition) is 0. The van der Waals surface area contributed by atoms with E-state index in [2.05, 4.69) is 48.0 Å². The predicted octanol–water partition coefficient (Wildman–Crippen LogP) is 4.55. The summed E-state index contributed by atoms with van der Waals surface area (Å²) in [6, 6.07) is 7.06. The first-order chi connectivity index (χ1) is 7.02. The highest BCUT2D eigenvalue weighted by atomic mass is 79.9. The van der Waals surface area contributed by atoms with Crippen molar-refractivity contribution in [3.8, 4) is 0 Å². The van der Waals surface area contributed by atoms with Crippen LogP contribution in [0.25, 0.3) is 0 Å². The maximum atomic E-state index is 3.65. The lowest BCUT2D eigenvalue weighted by Gasteiger charge is -2.15. The van der Waals surface area contributed by atoms with Gasteiger partial charge in [0.1, 0.15) is 0 Å². The first-order valence-corrected chi connectivity index (χ1v) is 6.63. The average molecular weight is 265 g/mol. The highest BCUT2D eigenvalue weighted by molar-refractivity contribution is 9.10. The number of rotatable bonds is 2. The summed E-state index contributed by atoms with van der Waals surface area (Å²) in [7, 11) is 0. The Morgan fingerprint density at radius 1 is 0.867 bits per heavy atom. The van der Waals surface area contributed by atoms with Crippen LogP contribution in [0.15, 0.2) is 22.7 Å².